The molecule has 0 aliphatic carbocycles. The molecule has 0 amide bonds. The summed E-state index contributed by atoms with van der Waals surface area (Å²) in [5, 5.41) is 0. The Kier molecular flexibility index (Phi) is 6.17. The lowest BCUT2D eigenvalue weighted by atomic mass is 10.1. The van der Waals surface area contributed by atoms with Gasteiger partial charge in [0.05, 0.1) is 6.54 Å². The SMILES string of the molecule is CC(C)C=NCC(=S)CC(C)C. The molecule has 0 saturated carbocycles. The summed E-state index contributed by atoms with van der Waals surface area (Å²) in [7, 11) is 0. The second-order valence-corrected chi connectivity index (χ2v) is 4.45. The van der Waals surface area contributed by atoms with Crippen molar-refractivity contribution in [3.63, 3.8) is 0 Å². The van der Waals surface area contributed by atoms with Crippen molar-refractivity contribution >= 4 is 23.3 Å². The molecule has 0 spiro atoms. The van der Waals surface area contributed by atoms with Crippen LogP contribution in [0.3, 0.4) is 0 Å². The first-order valence-electron chi connectivity index (χ1n) is 4.54. The Morgan fingerprint density at radius 1 is 1.33 bits per heavy atom. The lowest BCUT2D eigenvalue weighted by molar-refractivity contribution is 0.685. The molecule has 0 heterocycles. The maximum absolute atomic E-state index is 5.17. The van der Waals surface area contributed by atoms with Crippen LogP contribution in [0.15, 0.2) is 4.99 Å². The molecule has 1 nitrogen and oxygen atoms in total. The molecule has 70 valence electrons. The minimum atomic E-state index is 0.534. The molecule has 0 unspecified atom stereocenters. The van der Waals surface area contributed by atoms with E-state index in [9.17, 15) is 0 Å². The molecule has 12 heavy (non-hydrogen) atoms. The highest BCUT2D eigenvalue weighted by molar-refractivity contribution is 7.80. The molecule has 0 radical (unpaired) electrons. The topological polar surface area (TPSA) is 12.4 Å². The first kappa shape index (κ1) is 11.8. The summed E-state index contributed by atoms with van der Waals surface area (Å²) in [4.78, 5) is 5.33. The van der Waals surface area contributed by atoms with E-state index >= 15 is 0 Å². The zero-order chi connectivity index (χ0) is 9.56. The molecule has 0 aromatic carbocycles. The van der Waals surface area contributed by atoms with Crippen LogP contribution in [0.25, 0.3) is 0 Å². The molecule has 0 N–H and O–H groups in total. The minimum Gasteiger partial charge on any atom is -0.292 e. The Balaban J connectivity index is 3.57. The third-order valence-electron chi connectivity index (χ3n) is 1.31. The molecule has 2 heteroatoms. The van der Waals surface area contributed by atoms with E-state index in [2.05, 4.69) is 32.7 Å². The van der Waals surface area contributed by atoms with Crippen LogP contribution in [-0.2, 0) is 0 Å². The van der Waals surface area contributed by atoms with Gasteiger partial charge in [-0.1, -0.05) is 39.9 Å². The van der Waals surface area contributed by atoms with E-state index in [-0.39, 0.29) is 0 Å². The summed E-state index contributed by atoms with van der Waals surface area (Å²) in [5.74, 6) is 1.19. The standard InChI is InChI=1S/C10H19NS/c1-8(2)5-10(12)7-11-6-9(3)4/h6,8-9H,5,7H2,1-4H3. The minimum absolute atomic E-state index is 0.534. The van der Waals surface area contributed by atoms with E-state index in [1.165, 1.54) is 0 Å². The van der Waals surface area contributed by atoms with Gasteiger partial charge < -0.3 is 0 Å². The van der Waals surface area contributed by atoms with Crippen molar-refractivity contribution in [1.82, 2.24) is 0 Å². The largest absolute Gasteiger partial charge is 0.292 e. The second-order valence-electron chi connectivity index (χ2n) is 3.87. The lowest BCUT2D eigenvalue weighted by Gasteiger charge is -2.03. The van der Waals surface area contributed by atoms with Gasteiger partial charge >= 0.3 is 0 Å². The van der Waals surface area contributed by atoms with Crippen molar-refractivity contribution in [3.05, 3.63) is 0 Å². The summed E-state index contributed by atoms with van der Waals surface area (Å²) >= 11 is 5.17. The zero-order valence-electron chi connectivity index (χ0n) is 8.50. The van der Waals surface area contributed by atoms with E-state index in [0.717, 1.165) is 17.8 Å². The van der Waals surface area contributed by atoms with Crippen molar-refractivity contribution in [2.24, 2.45) is 16.8 Å². The third kappa shape index (κ3) is 7.86. The Hall–Kier alpha value is -0.240. The van der Waals surface area contributed by atoms with Crippen molar-refractivity contribution in [1.29, 1.82) is 0 Å². The summed E-state index contributed by atoms with van der Waals surface area (Å²) in [5.41, 5.74) is 0. The van der Waals surface area contributed by atoms with Crippen LogP contribution >= 0.6 is 12.2 Å². The first-order chi connectivity index (χ1) is 5.52. The van der Waals surface area contributed by atoms with Crippen molar-refractivity contribution in [3.8, 4) is 0 Å². The number of hydrogen-bond donors (Lipinski definition) is 0. The van der Waals surface area contributed by atoms with Gasteiger partial charge in [-0.05, 0) is 18.3 Å². The van der Waals surface area contributed by atoms with Gasteiger partial charge in [-0.3, -0.25) is 4.99 Å². The fourth-order valence-electron chi connectivity index (χ4n) is 0.885. The Morgan fingerprint density at radius 3 is 2.33 bits per heavy atom. The monoisotopic (exact) mass is 185 g/mol. The van der Waals surface area contributed by atoms with E-state index < -0.39 is 0 Å². The van der Waals surface area contributed by atoms with Crippen molar-refractivity contribution in [2.75, 3.05) is 6.54 Å². The number of thiocarbonyl (C=S) groups is 1. The van der Waals surface area contributed by atoms with Crippen LogP contribution in [0.1, 0.15) is 34.1 Å². The average Bonchev–Trinajstić information content (AvgIpc) is 1.84. The molecule has 0 aliphatic rings. The number of nitrogens with zero attached hydrogens (tertiary/aromatic N) is 1. The highest BCUT2D eigenvalue weighted by atomic mass is 32.1. The van der Waals surface area contributed by atoms with Crippen molar-refractivity contribution in [2.45, 2.75) is 34.1 Å². The van der Waals surface area contributed by atoms with E-state index in [1.807, 2.05) is 6.21 Å². The summed E-state index contributed by atoms with van der Waals surface area (Å²) in [6.45, 7) is 9.33. The molecular weight excluding hydrogens is 166 g/mol. The lowest BCUT2D eigenvalue weighted by Crippen LogP contribution is -2.04. The Labute approximate surface area is 81.3 Å². The van der Waals surface area contributed by atoms with Gasteiger partial charge in [-0.2, -0.15) is 0 Å². The molecule has 0 aromatic heterocycles. The van der Waals surface area contributed by atoms with Gasteiger partial charge in [0.2, 0.25) is 0 Å². The molecule has 0 atom stereocenters. The molecule has 0 bridgehead atoms. The van der Waals surface area contributed by atoms with Gasteiger partial charge in [-0.15, -0.1) is 0 Å². The Morgan fingerprint density at radius 2 is 1.92 bits per heavy atom. The van der Waals surface area contributed by atoms with Gasteiger partial charge in [0.1, 0.15) is 0 Å². The first-order valence-corrected chi connectivity index (χ1v) is 4.94. The average molecular weight is 185 g/mol. The van der Waals surface area contributed by atoms with Crippen LogP contribution in [0.4, 0.5) is 0 Å². The molecule has 0 aromatic rings. The molecule has 0 rings (SSSR count). The quantitative estimate of drug-likeness (QED) is 0.473. The zero-order valence-corrected chi connectivity index (χ0v) is 9.32. The van der Waals surface area contributed by atoms with Crippen molar-refractivity contribution < 1.29 is 0 Å². The van der Waals surface area contributed by atoms with Gasteiger partial charge in [0.25, 0.3) is 0 Å². The molecule has 0 aliphatic heterocycles. The van der Waals surface area contributed by atoms with Crippen LogP contribution in [0.2, 0.25) is 0 Å². The Bertz CT molecular complexity index is 159. The highest BCUT2D eigenvalue weighted by Gasteiger charge is 1.98. The van der Waals surface area contributed by atoms with Crippen LogP contribution in [0, 0.1) is 11.8 Å². The smallest absolute Gasteiger partial charge is 0.0698 e. The van der Waals surface area contributed by atoms with Gasteiger partial charge in [-0.25, -0.2) is 0 Å². The maximum atomic E-state index is 5.17. The fraction of sp³-hybridized carbons (Fsp3) is 0.800. The fourth-order valence-corrected chi connectivity index (χ4v) is 1.29. The molecule has 0 saturated heterocycles. The summed E-state index contributed by atoms with van der Waals surface area (Å²) < 4.78 is 0. The highest BCUT2D eigenvalue weighted by Crippen LogP contribution is 2.01. The summed E-state index contributed by atoms with van der Waals surface area (Å²) in [6.07, 6.45) is 2.98. The van der Waals surface area contributed by atoms with Gasteiger partial charge in [0, 0.05) is 11.1 Å². The predicted octanol–water partition coefficient (Wildman–Crippen LogP) is 3.13. The van der Waals surface area contributed by atoms with E-state index in [0.29, 0.717) is 11.8 Å². The predicted molar refractivity (Wildman–Crippen MR) is 60.3 cm³/mol. The van der Waals surface area contributed by atoms with Gasteiger partial charge in [0.15, 0.2) is 0 Å². The summed E-state index contributed by atoms with van der Waals surface area (Å²) in [6, 6.07) is 0. The van der Waals surface area contributed by atoms with E-state index in [1.54, 1.807) is 0 Å². The molecule has 0 fully saturated rings. The number of aliphatic imine (C=N–C) groups is 1. The molecular formula is C10H19NS. The van der Waals surface area contributed by atoms with E-state index in [4.69, 9.17) is 12.2 Å². The second kappa shape index (κ2) is 6.30. The van der Waals surface area contributed by atoms with Crippen LogP contribution in [0.5, 0.6) is 0 Å². The number of rotatable bonds is 5. The van der Waals surface area contributed by atoms with Crippen LogP contribution in [-0.4, -0.2) is 17.6 Å². The maximum Gasteiger partial charge on any atom is 0.0698 e. The normalized spacial score (nSPS) is 11.8. The third-order valence-corrected chi connectivity index (χ3v) is 1.60. The number of hydrogen-bond acceptors (Lipinski definition) is 2. The van der Waals surface area contributed by atoms with Crippen LogP contribution < -0.4 is 0 Å².